The molecule has 2 unspecified atom stereocenters. The summed E-state index contributed by atoms with van der Waals surface area (Å²) in [6, 6.07) is 77.3. The molecule has 24 rings (SSSR count). The van der Waals surface area contributed by atoms with Crippen molar-refractivity contribution < 1.29 is 38.1 Å². The smallest absolute Gasteiger partial charge is 0.266 e. The Bertz CT molecular complexity index is 8550. The molecule has 0 N–H and O–H groups in total. The van der Waals surface area contributed by atoms with Gasteiger partial charge < -0.3 is 18.9 Å². The fourth-order valence-electron chi connectivity index (χ4n) is 24.5. The van der Waals surface area contributed by atoms with E-state index in [1.54, 1.807) is 0 Å². The van der Waals surface area contributed by atoms with E-state index < -0.39 is 23.6 Å². The van der Waals surface area contributed by atoms with Crippen molar-refractivity contribution in [3.63, 3.8) is 0 Å². The number of hydrogen-bond acceptors (Lipinski definition) is 10. The van der Waals surface area contributed by atoms with E-state index >= 15 is 19.2 Å². The SMILES string of the molecule is Cc1cc2cc3c(cc2cc1CCc1cc2cc4c(cc2cc1C)-c1ccc2c5c(Oc6ccc(C(C)(C)C)cc6)cc6c7c(cc(Oc8ccc(C(C)(C)C)cc8)c(c8ccc-4c1c28)c75)C(=O)N(c1c(C(C)C)cc(S)cc1C(C)C)C6=O)C1=CC=C2c4c(Oc5ccc(C(C)(C)C)cc5)cc5c6c(cc(Oc7ccc(C(C)(C)C)cc7)c(c46)C4=CC=C3C1C42)C(=O)N(c1c(C(C)C)cc(S)cc1C(C)C)C5=O. The van der Waals surface area contributed by atoms with Crippen LogP contribution in [-0.2, 0) is 34.5 Å². The summed E-state index contributed by atoms with van der Waals surface area (Å²) in [6.07, 6.45) is 10.9. The lowest BCUT2D eigenvalue weighted by Crippen LogP contribution is -2.42. The number of aryl methyl sites for hydroxylation is 4. The first kappa shape index (κ1) is 92.4. The van der Waals surface area contributed by atoms with E-state index in [-0.39, 0.29) is 57.2 Å². The summed E-state index contributed by atoms with van der Waals surface area (Å²) in [5.41, 5.74) is 28.7. The molecule has 5 aliphatic carbocycles. The maximum Gasteiger partial charge on any atom is 0.266 e. The van der Waals surface area contributed by atoms with Crippen LogP contribution in [0.25, 0.3) is 120 Å². The molecule has 2 atom stereocenters. The number of hydrogen-bond donors (Lipinski definition) is 2. The van der Waals surface area contributed by atoms with Crippen molar-refractivity contribution >= 4 is 158 Å². The van der Waals surface area contributed by atoms with Crippen LogP contribution in [0.3, 0.4) is 0 Å². The van der Waals surface area contributed by atoms with Crippen molar-refractivity contribution in [1.29, 1.82) is 0 Å². The van der Waals surface area contributed by atoms with Crippen LogP contribution in [0.5, 0.6) is 46.0 Å². The molecule has 0 saturated heterocycles. The zero-order valence-electron chi connectivity index (χ0n) is 86.0. The Morgan fingerprint density at radius 2 is 0.556 bits per heavy atom. The number of amides is 4. The molecular weight excluding hydrogens is 1810 g/mol. The van der Waals surface area contributed by atoms with E-state index in [9.17, 15) is 0 Å². The number of benzene rings is 17. The predicted octanol–water partition coefficient (Wildman–Crippen LogP) is 35.8. The van der Waals surface area contributed by atoms with Gasteiger partial charge in [0, 0.05) is 65.1 Å². The number of fused-ring (bicyclic) bond motifs is 12. The highest BCUT2D eigenvalue weighted by Gasteiger charge is 2.52. The minimum Gasteiger partial charge on any atom is -0.457 e. The maximum atomic E-state index is 16.3. The summed E-state index contributed by atoms with van der Waals surface area (Å²) >= 11 is 9.84. The largest absolute Gasteiger partial charge is 0.457 e. The Kier molecular flexibility index (Phi) is 21.0. The highest BCUT2D eigenvalue weighted by atomic mass is 32.1. The summed E-state index contributed by atoms with van der Waals surface area (Å²) in [6.45, 7) is 47.8. The number of carbonyl (C=O) groups excluding carboxylic acids is 4. The van der Waals surface area contributed by atoms with Crippen LogP contribution in [0.2, 0.25) is 0 Å². The Hall–Kier alpha value is -14.0. The first-order chi connectivity index (χ1) is 68.5. The van der Waals surface area contributed by atoms with Gasteiger partial charge in [-0.25, -0.2) is 9.80 Å². The minimum absolute atomic E-state index is 0.0563. The molecule has 144 heavy (non-hydrogen) atoms. The van der Waals surface area contributed by atoms with E-state index in [0.29, 0.717) is 90.4 Å². The fraction of sp³-hybridized carbons (Fsp3) is 0.258. The number of carbonyl (C=O) groups is 4. The van der Waals surface area contributed by atoms with Crippen LogP contribution >= 0.6 is 25.3 Å². The van der Waals surface area contributed by atoms with Gasteiger partial charge in [0.25, 0.3) is 23.6 Å². The monoisotopic (exact) mass is 1920 g/mol. The van der Waals surface area contributed by atoms with Crippen LogP contribution in [0.4, 0.5) is 11.4 Å². The summed E-state index contributed by atoms with van der Waals surface area (Å²) < 4.78 is 29.6. The Morgan fingerprint density at radius 1 is 0.278 bits per heavy atom. The third-order valence-corrected chi connectivity index (χ3v) is 32.5. The van der Waals surface area contributed by atoms with E-state index in [0.717, 1.165) is 149 Å². The molecule has 4 amide bonds. The Morgan fingerprint density at radius 3 is 0.875 bits per heavy atom. The lowest BCUT2D eigenvalue weighted by molar-refractivity contribution is 0.0877. The minimum atomic E-state index is -0.422. The third kappa shape index (κ3) is 14.4. The van der Waals surface area contributed by atoms with Crippen molar-refractivity contribution in [3.8, 4) is 68.2 Å². The van der Waals surface area contributed by atoms with Crippen molar-refractivity contribution in [2.24, 2.45) is 11.8 Å². The summed E-state index contributed by atoms with van der Waals surface area (Å²) in [7, 11) is 0. The van der Waals surface area contributed by atoms with Gasteiger partial charge in [0.05, 0.1) is 33.6 Å². The number of rotatable bonds is 17. The first-order valence-electron chi connectivity index (χ1n) is 51.1. The number of nitrogens with zero attached hydrogens (tertiary/aromatic N) is 2. The van der Waals surface area contributed by atoms with E-state index in [4.69, 9.17) is 44.2 Å². The normalized spacial score (nSPS) is 15.7. The van der Waals surface area contributed by atoms with Crippen molar-refractivity contribution in [3.05, 3.63) is 354 Å². The molecule has 17 aromatic rings. The van der Waals surface area contributed by atoms with Crippen molar-refractivity contribution in [1.82, 2.24) is 0 Å². The number of imide groups is 2. The van der Waals surface area contributed by atoms with Gasteiger partial charge in [0.1, 0.15) is 46.0 Å². The molecule has 716 valence electrons. The molecule has 7 aliphatic rings. The van der Waals surface area contributed by atoms with Crippen molar-refractivity contribution in [2.75, 3.05) is 9.80 Å². The second kappa shape index (κ2) is 32.7. The summed E-state index contributed by atoms with van der Waals surface area (Å²) in [5.74, 6) is 2.33. The fourth-order valence-corrected chi connectivity index (χ4v) is 25.0. The highest BCUT2D eigenvalue weighted by molar-refractivity contribution is 7.80. The number of thiol groups is 2. The number of ether oxygens (including phenoxy) is 4. The second-order valence-corrected chi connectivity index (χ2v) is 47.7. The van der Waals surface area contributed by atoms with Crippen LogP contribution in [0.15, 0.2) is 252 Å². The van der Waals surface area contributed by atoms with E-state index in [2.05, 4.69) is 298 Å². The van der Waals surface area contributed by atoms with Gasteiger partial charge in [-0.2, -0.15) is 0 Å². The molecule has 0 saturated carbocycles. The molecule has 0 fully saturated rings. The van der Waals surface area contributed by atoms with Gasteiger partial charge in [0.2, 0.25) is 0 Å². The van der Waals surface area contributed by atoms with Gasteiger partial charge in [0.15, 0.2) is 0 Å². The molecule has 2 heterocycles. The molecule has 0 spiro atoms. The lowest BCUT2D eigenvalue weighted by Gasteiger charge is -2.42. The number of allylic oxidation sites excluding steroid dienone is 8. The standard InChI is InChI=1S/C132H118N2O8S2/c1-65(2)95-57-85(143)58-96(66(3)4)123(95)133-125(135)103-61-107(139-81-33-25-77(26-34-81)129(11,12)13)117-91-45-41-87-99-53-73-49-69(9)71(51-75(73)55-101(99)89-43-47-93(113(91)111(87)89)119-109(63-105(127(133)137)115(103)121(117)119)141-83-37-29-79(30-38-83)131(17,18)19)23-24-72-52-76-56-102-90-44-48-94-114-92(46-42-88(112(90)114)100(102)54-74(76)50-70(72)10)118-108(140-82-35-27-78(28-36-82)130(14,15)16)62-104-116-106(64-110(120(94)122(116)118)142-84-39-31-80(32-40-84)132(20,21)22)128(138)134(126(104)136)124-97(67(5)6)59-86(144)60-98(124)68(7)8/h25-68,111,113,143-144H,23-24H2,1-22H3. The maximum absolute atomic E-state index is 16.3. The van der Waals surface area contributed by atoms with E-state index in [1.807, 2.05) is 97.1 Å². The van der Waals surface area contributed by atoms with Crippen LogP contribution < -0.4 is 28.7 Å². The van der Waals surface area contributed by atoms with E-state index in [1.165, 1.54) is 81.6 Å². The zero-order chi connectivity index (χ0) is 101. The summed E-state index contributed by atoms with van der Waals surface area (Å²) in [4.78, 5) is 69.7. The zero-order valence-corrected chi connectivity index (χ0v) is 87.8. The Balaban J connectivity index is 0.613. The topological polar surface area (TPSA) is 112 Å². The van der Waals surface area contributed by atoms with Crippen LogP contribution in [-0.4, -0.2) is 23.6 Å². The second-order valence-electron chi connectivity index (χ2n) is 46.7. The van der Waals surface area contributed by atoms with Gasteiger partial charge in [-0.05, 0) is 359 Å². The molecule has 0 radical (unpaired) electrons. The molecular formula is C132H118N2O8S2. The van der Waals surface area contributed by atoms with Crippen LogP contribution in [0, 0.1) is 25.7 Å². The predicted molar refractivity (Wildman–Crippen MR) is 600 cm³/mol. The van der Waals surface area contributed by atoms with Gasteiger partial charge >= 0.3 is 0 Å². The van der Waals surface area contributed by atoms with Gasteiger partial charge in [-0.3, -0.25) is 19.2 Å². The quantitative estimate of drug-likeness (QED) is 0.0401. The highest BCUT2D eigenvalue weighted by Crippen LogP contribution is 2.67. The van der Waals surface area contributed by atoms with Gasteiger partial charge in [-0.1, -0.05) is 260 Å². The van der Waals surface area contributed by atoms with Crippen LogP contribution in [0.1, 0.15) is 293 Å². The average Bonchev–Trinajstić information content (AvgIpc) is 1.37. The molecule has 10 nitrogen and oxygen atoms in total. The average molecular weight is 1920 g/mol. The molecule has 2 aliphatic heterocycles. The summed E-state index contributed by atoms with van der Waals surface area (Å²) in [5, 5.41) is 13.0. The molecule has 0 bridgehead atoms. The molecule has 12 heteroatoms. The van der Waals surface area contributed by atoms with Gasteiger partial charge in [-0.15, -0.1) is 25.3 Å². The Labute approximate surface area is 854 Å². The molecule has 17 aromatic carbocycles. The lowest BCUT2D eigenvalue weighted by atomic mass is 9.62. The third-order valence-electron chi connectivity index (χ3n) is 32.0. The first-order valence-corrected chi connectivity index (χ1v) is 52.0. The van der Waals surface area contributed by atoms with Crippen molar-refractivity contribution in [2.45, 2.75) is 220 Å². The number of anilines is 2. The molecule has 0 aromatic heterocycles.